The fourth-order valence-corrected chi connectivity index (χ4v) is 3.46. The molecule has 0 spiro atoms. The first-order valence-corrected chi connectivity index (χ1v) is 8.97. The van der Waals surface area contributed by atoms with Gasteiger partial charge in [0.15, 0.2) is 0 Å². The zero-order valence-electron chi connectivity index (χ0n) is 15.4. The van der Waals surface area contributed by atoms with E-state index in [1.807, 2.05) is 54.0 Å². The predicted molar refractivity (Wildman–Crippen MR) is 102 cm³/mol. The van der Waals surface area contributed by atoms with Crippen molar-refractivity contribution in [3.05, 3.63) is 43.0 Å². The van der Waals surface area contributed by atoms with Crippen molar-refractivity contribution in [2.75, 3.05) is 39.0 Å². The molecule has 7 nitrogen and oxygen atoms in total. The van der Waals surface area contributed by atoms with E-state index in [0.717, 1.165) is 17.8 Å². The Labute approximate surface area is 154 Å². The highest BCUT2D eigenvalue weighted by Gasteiger charge is 2.31. The Hall–Kier alpha value is -2.38. The molecule has 140 valence electrons. The molecule has 7 heteroatoms. The van der Waals surface area contributed by atoms with Crippen molar-refractivity contribution >= 4 is 11.7 Å². The number of benzene rings is 1. The molecule has 2 amide bonds. The largest absolute Gasteiger partial charge is 0.388 e. The average Bonchev–Trinajstić information content (AvgIpc) is 3.05. The van der Waals surface area contributed by atoms with Gasteiger partial charge in [-0.05, 0) is 57.6 Å². The zero-order chi connectivity index (χ0) is 18.6. The number of likely N-dealkylation sites (tertiary alicyclic amines) is 1. The first-order chi connectivity index (χ1) is 12.5. The Balaban J connectivity index is 1.58. The number of likely N-dealkylation sites (N-methyl/N-ethyl adjacent to an activating group) is 1. The number of carbonyl (C=O) groups excluding carboxylic acids is 1. The molecule has 2 heterocycles. The lowest BCUT2D eigenvalue weighted by Crippen LogP contribution is -2.42. The summed E-state index contributed by atoms with van der Waals surface area (Å²) in [5, 5.41) is 13.7. The summed E-state index contributed by atoms with van der Waals surface area (Å²) in [5.41, 5.74) is 1.03. The standard InChI is InChI=1S/C19H27N5O2/c1-22(2)14-19(26)8-3-11-23(12-9-19)18(25)21-16-4-6-17(7-5-16)24-13-10-20-15-24/h4-7,10,13,15,26H,3,8-9,11-12,14H2,1-2H3,(H,21,25). The van der Waals surface area contributed by atoms with Crippen LogP contribution in [0.5, 0.6) is 0 Å². The SMILES string of the molecule is CN(C)CC1(O)CCCN(C(=O)Nc2ccc(-n3ccnc3)cc2)CC1. The van der Waals surface area contributed by atoms with Gasteiger partial charge < -0.3 is 24.8 Å². The van der Waals surface area contributed by atoms with Crippen LogP contribution in [0, 0.1) is 0 Å². The molecule has 1 fully saturated rings. The van der Waals surface area contributed by atoms with E-state index in [1.54, 1.807) is 17.4 Å². The topological polar surface area (TPSA) is 73.6 Å². The minimum absolute atomic E-state index is 0.116. The van der Waals surface area contributed by atoms with Crippen LogP contribution in [0.2, 0.25) is 0 Å². The molecule has 0 saturated carbocycles. The van der Waals surface area contributed by atoms with Crippen molar-refractivity contribution in [1.82, 2.24) is 19.4 Å². The maximum atomic E-state index is 12.6. The van der Waals surface area contributed by atoms with Crippen LogP contribution < -0.4 is 5.32 Å². The summed E-state index contributed by atoms with van der Waals surface area (Å²) in [7, 11) is 3.92. The quantitative estimate of drug-likeness (QED) is 0.880. The third-order valence-electron chi connectivity index (χ3n) is 4.74. The number of urea groups is 1. The zero-order valence-corrected chi connectivity index (χ0v) is 15.4. The fourth-order valence-electron chi connectivity index (χ4n) is 3.46. The van der Waals surface area contributed by atoms with Crippen LogP contribution in [0.1, 0.15) is 19.3 Å². The van der Waals surface area contributed by atoms with Crippen LogP contribution in [0.3, 0.4) is 0 Å². The van der Waals surface area contributed by atoms with Crippen LogP contribution in [0.4, 0.5) is 10.5 Å². The number of imidazole rings is 1. The van der Waals surface area contributed by atoms with Gasteiger partial charge in [-0.1, -0.05) is 0 Å². The molecule has 26 heavy (non-hydrogen) atoms. The minimum atomic E-state index is -0.717. The average molecular weight is 357 g/mol. The van der Waals surface area contributed by atoms with Crippen LogP contribution >= 0.6 is 0 Å². The molecule has 2 N–H and O–H groups in total. The molecule has 3 rings (SSSR count). The van der Waals surface area contributed by atoms with E-state index in [2.05, 4.69) is 10.3 Å². The molecule has 0 radical (unpaired) electrons. The molecule has 1 aliphatic rings. The van der Waals surface area contributed by atoms with Gasteiger partial charge in [0.05, 0.1) is 11.9 Å². The molecule has 0 aliphatic carbocycles. The molecular weight excluding hydrogens is 330 g/mol. The molecule has 0 bridgehead atoms. The van der Waals surface area contributed by atoms with Crippen LogP contribution in [0.25, 0.3) is 5.69 Å². The second kappa shape index (κ2) is 7.88. The number of nitrogens with zero attached hydrogens (tertiary/aromatic N) is 4. The van der Waals surface area contributed by atoms with Crippen LogP contribution in [0.15, 0.2) is 43.0 Å². The summed E-state index contributed by atoms with van der Waals surface area (Å²) in [4.78, 5) is 20.4. The van der Waals surface area contributed by atoms with Gasteiger partial charge in [0.25, 0.3) is 0 Å². The monoisotopic (exact) mass is 357 g/mol. The van der Waals surface area contributed by atoms with Gasteiger partial charge >= 0.3 is 6.03 Å². The number of carbonyl (C=O) groups is 1. The van der Waals surface area contributed by atoms with Gasteiger partial charge in [-0.3, -0.25) is 0 Å². The fraction of sp³-hybridized carbons (Fsp3) is 0.474. The van der Waals surface area contributed by atoms with E-state index in [4.69, 9.17) is 0 Å². The van der Waals surface area contributed by atoms with Gasteiger partial charge in [-0.25, -0.2) is 9.78 Å². The van der Waals surface area contributed by atoms with E-state index in [0.29, 0.717) is 32.5 Å². The van der Waals surface area contributed by atoms with Crippen molar-refractivity contribution in [2.24, 2.45) is 0 Å². The Morgan fingerprint density at radius 2 is 2.04 bits per heavy atom. The van der Waals surface area contributed by atoms with Crippen molar-refractivity contribution in [2.45, 2.75) is 24.9 Å². The number of aliphatic hydroxyl groups is 1. The van der Waals surface area contributed by atoms with Gasteiger partial charge in [-0.15, -0.1) is 0 Å². The molecule has 2 aromatic rings. The summed E-state index contributed by atoms with van der Waals surface area (Å²) in [6.45, 7) is 1.84. The van der Waals surface area contributed by atoms with E-state index in [1.165, 1.54) is 0 Å². The Morgan fingerprint density at radius 1 is 1.27 bits per heavy atom. The second-order valence-corrected chi connectivity index (χ2v) is 7.25. The summed E-state index contributed by atoms with van der Waals surface area (Å²) in [6, 6.07) is 7.53. The first kappa shape index (κ1) is 18.4. The molecule has 1 aliphatic heterocycles. The predicted octanol–water partition coefficient (Wildman–Crippen LogP) is 2.18. The number of anilines is 1. The van der Waals surface area contributed by atoms with Gasteiger partial charge in [0, 0.05) is 43.4 Å². The second-order valence-electron chi connectivity index (χ2n) is 7.25. The number of aromatic nitrogens is 2. The van der Waals surface area contributed by atoms with E-state index in [-0.39, 0.29) is 6.03 Å². The van der Waals surface area contributed by atoms with Crippen LogP contribution in [-0.4, -0.2) is 69.8 Å². The summed E-state index contributed by atoms with van der Waals surface area (Å²) in [5.74, 6) is 0. The molecule has 1 unspecified atom stereocenters. The normalized spacial score (nSPS) is 20.8. The lowest BCUT2D eigenvalue weighted by molar-refractivity contribution is 0.00361. The lowest BCUT2D eigenvalue weighted by Gasteiger charge is -2.29. The summed E-state index contributed by atoms with van der Waals surface area (Å²) >= 11 is 0. The number of nitrogens with one attached hydrogen (secondary N) is 1. The number of rotatable bonds is 4. The Kier molecular flexibility index (Phi) is 5.58. The van der Waals surface area contributed by atoms with E-state index < -0.39 is 5.60 Å². The van der Waals surface area contributed by atoms with Crippen molar-refractivity contribution in [1.29, 1.82) is 0 Å². The molecule has 1 aromatic heterocycles. The first-order valence-electron chi connectivity index (χ1n) is 8.97. The van der Waals surface area contributed by atoms with Crippen molar-refractivity contribution < 1.29 is 9.90 Å². The van der Waals surface area contributed by atoms with E-state index in [9.17, 15) is 9.90 Å². The maximum absolute atomic E-state index is 12.6. The third-order valence-corrected chi connectivity index (χ3v) is 4.74. The minimum Gasteiger partial charge on any atom is -0.388 e. The highest BCUT2D eigenvalue weighted by atomic mass is 16.3. The van der Waals surface area contributed by atoms with Gasteiger partial charge in [0.1, 0.15) is 0 Å². The van der Waals surface area contributed by atoms with E-state index >= 15 is 0 Å². The molecule has 1 saturated heterocycles. The molecular formula is C19H27N5O2. The van der Waals surface area contributed by atoms with Crippen molar-refractivity contribution in [3.63, 3.8) is 0 Å². The summed E-state index contributed by atoms with van der Waals surface area (Å²) in [6.07, 6.45) is 7.45. The number of hydrogen-bond donors (Lipinski definition) is 2. The number of amides is 2. The van der Waals surface area contributed by atoms with Crippen molar-refractivity contribution in [3.8, 4) is 5.69 Å². The molecule has 1 aromatic carbocycles. The van der Waals surface area contributed by atoms with Crippen LogP contribution in [-0.2, 0) is 0 Å². The van der Waals surface area contributed by atoms with Gasteiger partial charge in [-0.2, -0.15) is 0 Å². The number of hydrogen-bond acceptors (Lipinski definition) is 4. The smallest absolute Gasteiger partial charge is 0.321 e. The Bertz CT molecular complexity index is 714. The highest BCUT2D eigenvalue weighted by molar-refractivity contribution is 5.89. The molecule has 1 atom stereocenters. The Morgan fingerprint density at radius 3 is 2.69 bits per heavy atom. The maximum Gasteiger partial charge on any atom is 0.321 e. The van der Waals surface area contributed by atoms with Gasteiger partial charge in [0.2, 0.25) is 0 Å². The highest BCUT2D eigenvalue weighted by Crippen LogP contribution is 2.23. The third kappa shape index (κ3) is 4.62. The lowest BCUT2D eigenvalue weighted by atomic mass is 9.94. The summed E-state index contributed by atoms with van der Waals surface area (Å²) < 4.78 is 1.91.